The molecule has 2 N–H and O–H groups in total. The van der Waals surface area contributed by atoms with E-state index in [1.807, 2.05) is 0 Å². The van der Waals surface area contributed by atoms with Crippen LogP contribution in [0.1, 0.15) is 47.0 Å². The molecule has 1 fully saturated rings. The van der Waals surface area contributed by atoms with Crippen LogP contribution < -0.4 is 10.6 Å². The summed E-state index contributed by atoms with van der Waals surface area (Å²) in [5.74, 6) is -0.474. The van der Waals surface area contributed by atoms with Crippen molar-refractivity contribution in [3.8, 4) is 0 Å². The highest BCUT2D eigenvalue weighted by Crippen LogP contribution is 2.23. The SMILES string of the molecule is CC(NC(=O)OC(C)(C)C)C(=O)Nc1cccc(S(=O)(=O)N2CCCCC2)c1. The number of carbonyl (C=O) groups is 2. The maximum Gasteiger partial charge on any atom is 0.408 e. The molecule has 1 aliphatic heterocycles. The number of ether oxygens (including phenoxy) is 1. The Kier molecular flexibility index (Phi) is 7.06. The number of sulfonamides is 1. The number of anilines is 1. The summed E-state index contributed by atoms with van der Waals surface area (Å²) in [6.07, 6.45) is 2.04. The number of rotatable bonds is 5. The molecule has 1 aliphatic rings. The van der Waals surface area contributed by atoms with Gasteiger partial charge in [-0.25, -0.2) is 13.2 Å². The molecule has 1 unspecified atom stereocenters. The lowest BCUT2D eigenvalue weighted by atomic mass is 10.2. The number of nitrogens with zero attached hydrogens (tertiary/aromatic N) is 1. The van der Waals surface area contributed by atoms with E-state index in [2.05, 4.69) is 10.6 Å². The van der Waals surface area contributed by atoms with Crippen molar-refractivity contribution in [1.29, 1.82) is 0 Å². The lowest BCUT2D eigenvalue weighted by molar-refractivity contribution is -0.117. The topological polar surface area (TPSA) is 105 Å². The number of amides is 2. The van der Waals surface area contributed by atoms with E-state index >= 15 is 0 Å². The van der Waals surface area contributed by atoms with Gasteiger partial charge in [0.15, 0.2) is 0 Å². The van der Waals surface area contributed by atoms with Gasteiger partial charge in [-0.05, 0) is 58.7 Å². The molecule has 0 saturated carbocycles. The van der Waals surface area contributed by atoms with Gasteiger partial charge in [0.1, 0.15) is 11.6 Å². The van der Waals surface area contributed by atoms with Crippen molar-refractivity contribution in [3.63, 3.8) is 0 Å². The predicted molar refractivity (Wildman–Crippen MR) is 107 cm³/mol. The summed E-state index contributed by atoms with van der Waals surface area (Å²) < 4.78 is 32.2. The molecule has 1 aromatic rings. The van der Waals surface area contributed by atoms with E-state index in [9.17, 15) is 18.0 Å². The van der Waals surface area contributed by atoms with E-state index < -0.39 is 33.7 Å². The van der Waals surface area contributed by atoms with E-state index in [1.54, 1.807) is 32.9 Å². The summed E-state index contributed by atoms with van der Waals surface area (Å²) >= 11 is 0. The summed E-state index contributed by atoms with van der Waals surface area (Å²) in [7, 11) is -3.59. The standard InChI is InChI=1S/C19H29N3O5S/c1-14(20-18(24)27-19(2,3)4)17(23)21-15-9-8-10-16(13-15)28(25,26)22-11-6-5-7-12-22/h8-10,13-14H,5-7,11-12H2,1-4H3,(H,20,24)(H,21,23). The number of hydrogen-bond donors (Lipinski definition) is 2. The third-order valence-electron chi connectivity index (χ3n) is 4.18. The lowest BCUT2D eigenvalue weighted by Crippen LogP contribution is -2.44. The molecule has 156 valence electrons. The van der Waals surface area contributed by atoms with Crippen molar-refractivity contribution in [2.45, 2.75) is 63.5 Å². The molecule has 1 atom stereocenters. The van der Waals surface area contributed by atoms with Gasteiger partial charge < -0.3 is 15.4 Å². The lowest BCUT2D eigenvalue weighted by Gasteiger charge is -2.26. The summed E-state index contributed by atoms with van der Waals surface area (Å²) in [5.41, 5.74) is -0.321. The smallest absolute Gasteiger partial charge is 0.408 e. The first-order valence-corrected chi connectivity index (χ1v) is 10.8. The number of hydrogen-bond acceptors (Lipinski definition) is 5. The zero-order chi connectivity index (χ0) is 20.9. The fraction of sp³-hybridized carbons (Fsp3) is 0.579. The van der Waals surface area contributed by atoms with Crippen LogP contribution in [0.3, 0.4) is 0 Å². The molecule has 0 spiro atoms. The minimum Gasteiger partial charge on any atom is -0.444 e. The first kappa shape index (κ1) is 22.2. The fourth-order valence-corrected chi connectivity index (χ4v) is 4.35. The van der Waals surface area contributed by atoms with Crippen LogP contribution in [0.4, 0.5) is 10.5 Å². The molecule has 2 amide bonds. The molecule has 0 aliphatic carbocycles. The molecule has 9 heteroatoms. The number of carbonyl (C=O) groups excluding carboxylic acids is 2. The third-order valence-corrected chi connectivity index (χ3v) is 6.08. The second-order valence-corrected chi connectivity index (χ2v) is 9.79. The summed E-state index contributed by atoms with van der Waals surface area (Å²) in [6, 6.07) is 5.28. The molecule has 1 aromatic carbocycles. The van der Waals surface area contributed by atoms with E-state index in [0.29, 0.717) is 18.8 Å². The van der Waals surface area contributed by atoms with Crippen molar-refractivity contribution < 1.29 is 22.7 Å². The first-order chi connectivity index (χ1) is 13.0. The summed E-state index contributed by atoms with van der Waals surface area (Å²) in [6.45, 7) is 7.72. The Hall–Kier alpha value is -2.13. The average molecular weight is 412 g/mol. The van der Waals surface area contributed by atoms with E-state index in [4.69, 9.17) is 4.74 Å². The van der Waals surface area contributed by atoms with E-state index in [1.165, 1.54) is 23.4 Å². The van der Waals surface area contributed by atoms with Crippen LogP contribution in [-0.2, 0) is 19.6 Å². The Balaban J connectivity index is 2.03. The summed E-state index contributed by atoms with van der Waals surface area (Å²) in [5, 5.41) is 5.09. The molecule has 2 rings (SSSR count). The van der Waals surface area contributed by atoms with Gasteiger partial charge in [-0.15, -0.1) is 0 Å². The number of piperidine rings is 1. The normalized spacial score (nSPS) is 16.9. The van der Waals surface area contributed by atoms with Crippen LogP contribution in [0.2, 0.25) is 0 Å². The monoisotopic (exact) mass is 411 g/mol. The van der Waals surface area contributed by atoms with Gasteiger partial charge in [0.2, 0.25) is 15.9 Å². The molecule has 0 bridgehead atoms. The highest BCUT2D eigenvalue weighted by molar-refractivity contribution is 7.89. The highest BCUT2D eigenvalue weighted by atomic mass is 32.2. The number of alkyl carbamates (subject to hydrolysis) is 1. The number of nitrogens with one attached hydrogen (secondary N) is 2. The van der Waals surface area contributed by atoms with Crippen molar-refractivity contribution in [2.24, 2.45) is 0 Å². The van der Waals surface area contributed by atoms with Crippen LogP contribution in [0.15, 0.2) is 29.2 Å². The molecular formula is C19H29N3O5S. The van der Waals surface area contributed by atoms with Gasteiger partial charge in [-0.3, -0.25) is 4.79 Å². The average Bonchev–Trinajstić information content (AvgIpc) is 2.61. The molecule has 28 heavy (non-hydrogen) atoms. The number of benzene rings is 1. The zero-order valence-electron chi connectivity index (χ0n) is 16.8. The minimum atomic E-state index is -3.59. The van der Waals surface area contributed by atoms with Crippen LogP contribution in [0.25, 0.3) is 0 Å². The second kappa shape index (κ2) is 8.91. The zero-order valence-corrected chi connectivity index (χ0v) is 17.6. The maximum absolute atomic E-state index is 12.8. The summed E-state index contributed by atoms with van der Waals surface area (Å²) in [4.78, 5) is 24.3. The van der Waals surface area contributed by atoms with Gasteiger partial charge in [0, 0.05) is 18.8 Å². The van der Waals surface area contributed by atoms with Crippen LogP contribution in [-0.4, -0.2) is 49.5 Å². The van der Waals surface area contributed by atoms with Crippen LogP contribution in [0.5, 0.6) is 0 Å². The Morgan fingerprint density at radius 3 is 2.39 bits per heavy atom. The molecule has 1 heterocycles. The van der Waals surface area contributed by atoms with Gasteiger partial charge in [0.05, 0.1) is 4.90 Å². The Bertz CT molecular complexity index is 811. The Morgan fingerprint density at radius 1 is 1.14 bits per heavy atom. The van der Waals surface area contributed by atoms with E-state index in [-0.39, 0.29) is 4.90 Å². The molecule has 0 aromatic heterocycles. The molecule has 0 radical (unpaired) electrons. The third kappa shape index (κ3) is 6.20. The second-order valence-electron chi connectivity index (χ2n) is 7.85. The van der Waals surface area contributed by atoms with Gasteiger partial charge in [-0.1, -0.05) is 12.5 Å². The Labute approximate surface area is 166 Å². The first-order valence-electron chi connectivity index (χ1n) is 9.40. The fourth-order valence-electron chi connectivity index (χ4n) is 2.79. The largest absolute Gasteiger partial charge is 0.444 e. The van der Waals surface area contributed by atoms with Crippen molar-refractivity contribution in [1.82, 2.24) is 9.62 Å². The van der Waals surface area contributed by atoms with Gasteiger partial charge in [0.25, 0.3) is 0 Å². The maximum atomic E-state index is 12.8. The van der Waals surface area contributed by atoms with Crippen LogP contribution >= 0.6 is 0 Å². The van der Waals surface area contributed by atoms with Gasteiger partial charge in [-0.2, -0.15) is 4.31 Å². The predicted octanol–water partition coefficient (Wildman–Crippen LogP) is 2.71. The van der Waals surface area contributed by atoms with Crippen molar-refractivity contribution >= 4 is 27.7 Å². The van der Waals surface area contributed by atoms with Gasteiger partial charge >= 0.3 is 6.09 Å². The Morgan fingerprint density at radius 2 is 1.79 bits per heavy atom. The van der Waals surface area contributed by atoms with Crippen molar-refractivity contribution in [2.75, 3.05) is 18.4 Å². The van der Waals surface area contributed by atoms with E-state index in [0.717, 1.165) is 19.3 Å². The molecule has 1 saturated heterocycles. The van der Waals surface area contributed by atoms with Crippen molar-refractivity contribution in [3.05, 3.63) is 24.3 Å². The highest BCUT2D eigenvalue weighted by Gasteiger charge is 2.26. The molecule has 8 nitrogen and oxygen atoms in total. The minimum absolute atomic E-state index is 0.139. The van der Waals surface area contributed by atoms with Crippen LogP contribution in [0, 0.1) is 0 Å². The molecular weight excluding hydrogens is 382 g/mol. The quantitative estimate of drug-likeness (QED) is 0.775.